The second-order valence-corrected chi connectivity index (χ2v) is 6.27. The number of carbonyl (C=O) groups is 1. The van der Waals surface area contributed by atoms with Gasteiger partial charge in [0.15, 0.2) is 0 Å². The normalized spacial score (nSPS) is 20.1. The van der Waals surface area contributed by atoms with Crippen molar-refractivity contribution in [3.63, 3.8) is 0 Å². The van der Waals surface area contributed by atoms with E-state index in [0.717, 1.165) is 23.6 Å². The van der Waals surface area contributed by atoms with Gasteiger partial charge in [0.05, 0.1) is 16.0 Å². The molecule has 0 unspecified atom stereocenters. The van der Waals surface area contributed by atoms with E-state index >= 15 is 0 Å². The van der Waals surface area contributed by atoms with Gasteiger partial charge in [0.25, 0.3) is 5.69 Å². The third-order valence-corrected chi connectivity index (χ3v) is 4.39. The van der Waals surface area contributed by atoms with E-state index in [2.05, 4.69) is 0 Å². The van der Waals surface area contributed by atoms with Gasteiger partial charge in [-0.2, -0.15) is 0 Å². The molecule has 0 saturated heterocycles. The summed E-state index contributed by atoms with van der Waals surface area (Å²) in [4.78, 5) is 24.8. The molecule has 106 valence electrons. The number of amides is 1. The molecule has 0 atom stereocenters. The Bertz CT molecular complexity index is 591. The van der Waals surface area contributed by atoms with Crippen LogP contribution >= 0.6 is 0 Å². The molecular formula is C15H18N2O3. The van der Waals surface area contributed by atoms with E-state index in [1.54, 1.807) is 11.0 Å². The summed E-state index contributed by atoms with van der Waals surface area (Å²) in [5.41, 5.74) is 1.07. The molecule has 0 bridgehead atoms. The van der Waals surface area contributed by atoms with Crippen LogP contribution in [0.5, 0.6) is 0 Å². The minimum Gasteiger partial charge on any atom is -0.311 e. The zero-order valence-electron chi connectivity index (χ0n) is 11.8. The summed E-state index contributed by atoms with van der Waals surface area (Å²) in [6, 6.07) is 4.75. The Morgan fingerprint density at radius 1 is 1.40 bits per heavy atom. The molecule has 1 aliphatic carbocycles. The molecule has 1 saturated carbocycles. The Kier molecular flexibility index (Phi) is 2.81. The SMILES string of the molecule is CC1(C)C(=O)N(CCC2CC2)c2cc([N+](=O)[O-])ccc21. The van der Waals surface area contributed by atoms with Crippen molar-refractivity contribution < 1.29 is 9.72 Å². The molecule has 0 aromatic heterocycles. The Morgan fingerprint density at radius 3 is 2.70 bits per heavy atom. The van der Waals surface area contributed by atoms with Crippen LogP contribution in [0.15, 0.2) is 18.2 Å². The highest BCUT2D eigenvalue weighted by atomic mass is 16.6. The zero-order chi connectivity index (χ0) is 14.5. The largest absolute Gasteiger partial charge is 0.311 e. The number of fused-ring (bicyclic) bond motifs is 1. The van der Waals surface area contributed by atoms with Gasteiger partial charge in [0.1, 0.15) is 0 Å². The summed E-state index contributed by atoms with van der Waals surface area (Å²) >= 11 is 0. The van der Waals surface area contributed by atoms with Crippen LogP contribution in [0, 0.1) is 16.0 Å². The van der Waals surface area contributed by atoms with E-state index in [4.69, 9.17) is 0 Å². The van der Waals surface area contributed by atoms with Crippen molar-refractivity contribution in [1.82, 2.24) is 0 Å². The quantitative estimate of drug-likeness (QED) is 0.626. The number of benzene rings is 1. The fraction of sp³-hybridized carbons (Fsp3) is 0.533. The molecule has 20 heavy (non-hydrogen) atoms. The second kappa shape index (κ2) is 4.30. The number of anilines is 1. The summed E-state index contributed by atoms with van der Waals surface area (Å²) < 4.78 is 0. The van der Waals surface area contributed by atoms with Crippen LogP contribution in [0.3, 0.4) is 0 Å². The second-order valence-electron chi connectivity index (χ2n) is 6.27. The maximum atomic E-state index is 12.6. The molecular weight excluding hydrogens is 256 g/mol. The first kappa shape index (κ1) is 13.1. The highest BCUT2D eigenvalue weighted by Crippen LogP contribution is 2.44. The first-order valence-electron chi connectivity index (χ1n) is 7.02. The number of hydrogen-bond donors (Lipinski definition) is 0. The van der Waals surface area contributed by atoms with Crippen molar-refractivity contribution in [2.45, 2.75) is 38.5 Å². The lowest BCUT2D eigenvalue weighted by molar-refractivity contribution is -0.384. The molecule has 0 spiro atoms. The van der Waals surface area contributed by atoms with Gasteiger partial charge in [-0.3, -0.25) is 14.9 Å². The molecule has 5 heteroatoms. The van der Waals surface area contributed by atoms with Crippen molar-refractivity contribution in [1.29, 1.82) is 0 Å². The van der Waals surface area contributed by atoms with Gasteiger partial charge in [0.2, 0.25) is 5.91 Å². The van der Waals surface area contributed by atoms with E-state index in [-0.39, 0.29) is 11.6 Å². The Hall–Kier alpha value is -1.91. The van der Waals surface area contributed by atoms with Gasteiger partial charge in [-0.15, -0.1) is 0 Å². The Labute approximate surface area is 117 Å². The third-order valence-electron chi connectivity index (χ3n) is 4.39. The number of carbonyl (C=O) groups excluding carboxylic acids is 1. The monoisotopic (exact) mass is 274 g/mol. The summed E-state index contributed by atoms with van der Waals surface area (Å²) in [5, 5.41) is 10.9. The maximum Gasteiger partial charge on any atom is 0.271 e. The first-order chi connectivity index (χ1) is 9.41. The number of nitro groups is 1. The molecule has 5 nitrogen and oxygen atoms in total. The first-order valence-corrected chi connectivity index (χ1v) is 7.02. The van der Waals surface area contributed by atoms with Crippen molar-refractivity contribution in [3.8, 4) is 0 Å². The van der Waals surface area contributed by atoms with E-state index in [1.165, 1.54) is 25.0 Å². The molecule has 0 N–H and O–H groups in total. The van der Waals surface area contributed by atoms with E-state index < -0.39 is 10.3 Å². The highest BCUT2D eigenvalue weighted by Gasteiger charge is 2.44. The number of hydrogen-bond acceptors (Lipinski definition) is 3. The number of non-ortho nitro benzene ring substituents is 1. The van der Waals surface area contributed by atoms with Crippen LogP contribution in [-0.2, 0) is 10.2 Å². The summed E-state index contributed by atoms with van der Waals surface area (Å²) in [7, 11) is 0. The summed E-state index contributed by atoms with van der Waals surface area (Å²) in [5.74, 6) is 0.780. The van der Waals surface area contributed by atoms with Gasteiger partial charge in [-0.1, -0.05) is 12.8 Å². The van der Waals surface area contributed by atoms with Gasteiger partial charge in [0, 0.05) is 18.7 Å². The predicted octanol–water partition coefficient (Wildman–Crippen LogP) is 3.02. The lowest BCUT2D eigenvalue weighted by atomic mass is 9.86. The lowest BCUT2D eigenvalue weighted by Gasteiger charge is -2.20. The number of rotatable bonds is 4. The molecule has 0 radical (unpaired) electrons. The Balaban J connectivity index is 1.98. The average molecular weight is 274 g/mol. The fourth-order valence-corrected chi connectivity index (χ4v) is 2.89. The van der Waals surface area contributed by atoms with E-state index in [0.29, 0.717) is 6.54 Å². The van der Waals surface area contributed by atoms with Gasteiger partial charge in [-0.05, 0) is 37.8 Å². The molecule has 3 rings (SSSR count). The van der Waals surface area contributed by atoms with Gasteiger partial charge < -0.3 is 4.90 Å². The highest BCUT2D eigenvalue weighted by molar-refractivity contribution is 6.07. The topological polar surface area (TPSA) is 63.5 Å². The van der Waals surface area contributed by atoms with E-state index in [9.17, 15) is 14.9 Å². The maximum absolute atomic E-state index is 12.6. The van der Waals surface area contributed by atoms with Crippen molar-refractivity contribution in [2.24, 2.45) is 5.92 Å². The van der Waals surface area contributed by atoms with Crippen LogP contribution in [-0.4, -0.2) is 17.4 Å². The summed E-state index contributed by atoms with van der Waals surface area (Å²) in [6.07, 6.45) is 3.48. The van der Waals surface area contributed by atoms with Crippen LogP contribution < -0.4 is 4.90 Å². The van der Waals surface area contributed by atoms with Crippen LogP contribution in [0.4, 0.5) is 11.4 Å². The molecule has 1 aromatic carbocycles. The van der Waals surface area contributed by atoms with Crippen molar-refractivity contribution in [2.75, 3.05) is 11.4 Å². The van der Waals surface area contributed by atoms with Crippen LogP contribution in [0.1, 0.15) is 38.7 Å². The van der Waals surface area contributed by atoms with Crippen molar-refractivity contribution >= 4 is 17.3 Å². The standard InChI is InChI=1S/C15H18N2O3/c1-15(2)12-6-5-11(17(19)20)9-13(12)16(14(15)18)8-7-10-3-4-10/h5-6,9-10H,3-4,7-8H2,1-2H3. The number of nitro benzene ring substituents is 1. The summed E-state index contributed by atoms with van der Waals surface area (Å²) in [6.45, 7) is 4.44. The average Bonchev–Trinajstić information content (AvgIpc) is 3.19. The molecule has 1 aromatic rings. The fourth-order valence-electron chi connectivity index (χ4n) is 2.89. The molecule has 1 fully saturated rings. The zero-order valence-corrected chi connectivity index (χ0v) is 11.8. The molecule has 1 aliphatic heterocycles. The van der Waals surface area contributed by atoms with Crippen molar-refractivity contribution in [3.05, 3.63) is 33.9 Å². The number of nitrogens with zero attached hydrogens (tertiary/aromatic N) is 2. The Morgan fingerprint density at radius 2 is 2.10 bits per heavy atom. The van der Waals surface area contributed by atoms with Crippen LogP contribution in [0.25, 0.3) is 0 Å². The minimum atomic E-state index is -0.589. The molecule has 1 heterocycles. The lowest BCUT2D eigenvalue weighted by Crippen LogP contribution is -2.36. The van der Waals surface area contributed by atoms with Gasteiger partial charge >= 0.3 is 0 Å². The third kappa shape index (κ3) is 1.97. The van der Waals surface area contributed by atoms with Gasteiger partial charge in [-0.25, -0.2) is 0 Å². The molecule has 1 amide bonds. The minimum absolute atomic E-state index is 0.0469. The predicted molar refractivity (Wildman–Crippen MR) is 75.8 cm³/mol. The van der Waals surface area contributed by atoms with Crippen LogP contribution in [0.2, 0.25) is 0 Å². The molecule has 2 aliphatic rings. The smallest absolute Gasteiger partial charge is 0.271 e. The van der Waals surface area contributed by atoms with E-state index in [1.807, 2.05) is 13.8 Å².